The lowest BCUT2D eigenvalue weighted by atomic mass is 10.1. The minimum atomic E-state index is -0.355. The summed E-state index contributed by atoms with van der Waals surface area (Å²) in [6, 6.07) is 8.24. The van der Waals surface area contributed by atoms with E-state index in [9.17, 15) is 4.79 Å². The molecule has 0 saturated heterocycles. The zero-order valence-corrected chi connectivity index (χ0v) is 14.0. The molecule has 1 rings (SSSR count). The van der Waals surface area contributed by atoms with Crippen molar-refractivity contribution in [1.29, 1.82) is 0 Å². The highest BCUT2D eigenvalue weighted by atomic mass is 32.2. The van der Waals surface area contributed by atoms with E-state index < -0.39 is 0 Å². The van der Waals surface area contributed by atoms with Crippen LogP contribution in [0.3, 0.4) is 0 Å². The van der Waals surface area contributed by atoms with Crippen molar-refractivity contribution < 1.29 is 14.6 Å². The quantitative estimate of drug-likeness (QED) is 0.316. The topological polar surface area (TPSA) is 46.5 Å². The van der Waals surface area contributed by atoms with E-state index in [2.05, 4.69) is 31.3 Å². The van der Waals surface area contributed by atoms with Crippen LogP contribution in [0.2, 0.25) is 0 Å². The molecule has 0 amide bonds. The van der Waals surface area contributed by atoms with Crippen LogP contribution in [-0.2, 0) is 15.3 Å². The van der Waals surface area contributed by atoms with Crippen molar-refractivity contribution in [2.45, 2.75) is 24.3 Å². The number of hydrogen-bond donors (Lipinski definition) is 2. The number of thioether (sulfide) groups is 1. The minimum absolute atomic E-state index is 0.0436. The Morgan fingerprint density at radius 2 is 2.10 bits per heavy atom. The first-order valence-corrected chi connectivity index (χ1v) is 8.50. The molecule has 0 saturated carbocycles. The highest BCUT2D eigenvalue weighted by molar-refractivity contribution is 7.98. The molecule has 116 valence electrons. The summed E-state index contributed by atoms with van der Waals surface area (Å²) in [5.41, 5.74) is 2.75. The van der Waals surface area contributed by atoms with Gasteiger partial charge in [-0.3, -0.25) is 0 Å². The van der Waals surface area contributed by atoms with Gasteiger partial charge in [0.25, 0.3) is 0 Å². The Bertz CT molecular complexity index is 457. The maximum atomic E-state index is 11.3. The van der Waals surface area contributed by atoms with Crippen molar-refractivity contribution in [3.63, 3.8) is 0 Å². The van der Waals surface area contributed by atoms with E-state index in [-0.39, 0.29) is 17.8 Å². The number of aliphatic hydroxyl groups is 1. The SMILES string of the molecule is C=C(C)C(=O)OCCC(S)c1ccc(CSCCO)cc1. The lowest BCUT2D eigenvalue weighted by molar-refractivity contribution is -0.139. The molecule has 1 atom stereocenters. The fraction of sp³-hybridized carbons (Fsp3) is 0.438. The Hall–Kier alpha value is -0.910. The molecule has 0 radical (unpaired) electrons. The fourth-order valence-corrected chi connectivity index (χ4v) is 2.62. The highest BCUT2D eigenvalue weighted by Gasteiger charge is 2.09. The summed E-state index contributed by atoms with van der Waals surface area (Å²) in [5, 5.41) is 8.79. The normalized spacial score (nSPS) is 12.0. The van der Waals surface area contributed by atoms with Crippen LogP contribution in [-0.4, -0.2) is 30.0 Å². The van der Waals surface area contributed by atoms with Crippen molar-refractivity contribution in [3.8, 4) is 0 Å². The van der Waals surface area contributed by atoms with Gasteiger partial charge in [-0.25, -0.2) is 4.79 Å². The third-order valence-electron chi connectivity index (χ3n) is 2.84. The van der Waals surface area contributed by atoms with Crippen LogP contribution in [0.1, 0.15) is 29.7 Å². The summed E-state index contributed by atoms with van der Waals surface area (Å²) in [6.45, 7) is 5.73. The third kappa shape index (κ3) is 7.07. The molecule has 0 bridgehead atoms. The van der Waals surface area contributed by atoms with Gasteiger partial charge in [0.1, 0.15) is 0 Å². The number of esters is 1. The van der Waals surface area contributed by atoms with E-state index in [4.69, 9.17) is 9.84 Å². The number of rotatable bonds is 9. The van der Waals surface area contributed by atoms with E-state index in [0.717, 1.165) is 17.1 Å². The number of hydrogen-bond acceptors (Lipinski definition) is 5. The fourth-order valence-electron chi connectivity index (χ4n) is 1.64. The second-order valence-electron chi connectivity index (χ2n) is 4.74. The molecule has 1 aromatic rings. The lowest BCUT2D eigenvalue weighted by Gasteiger charge is -2.12. The van der Waals surface area contributed by atoms with Crippen molar-refractivity contribution in [2.24, 2.45) is 0 Å². The molecular formula is C16H22O3S2. The number of carbonyl (C=O) groups excluding carboxylic acids is 1. The standard InChI is InChI=1S/C16H22O3S2/c1-12(2)16(18)19-9-7-15(20)14-5-3-13(4-6-14)11-21-10-8-17/h3-6,15,17,20H,1,7-11H2,2H3. The van der Waals surface area contributed by atoms with Crippen LogP contribution < -0.4 is 0 Å². The van der Waals surface area contributed by atoms with Gasteiger partial charge in [0, 0.05) is 22.3 Å². The number of benzene rings is 1. The van der Waals surface area contributed by atoms with Gasteiger partial charge in [0.05, 0.1) is 13.2 Å². The Morgan fingerprint density at radius 3 is 2.67 bits per heavy atom. The average molecular weight is 326 g/mol. The first-order chi connectivity index (χ1) is 10.0. The van der Waals surface area contributed by atoms with E-state index in [1.165, 1.54) is 5.56 Å². The number of ether oxygens (including phenoxy) is 1. The highest BCUT2D eigenvalue weighted by Crippen LogP contribution is 2.24. The minimum Gasteiger partial charge on any atom is -0.462 e. The monoisotopic (exact) mass is 326 g/mol. The molecule has 0 fully saturated rings. The molecule has 21 heavy (non-hydrogen) atoms. The summed E-state index contributed by atoms with van der Waals surface area (Å²) >= 11 is 6.25. The number of aliphatic hydroxyl groups excluding tert-OH is 1. The molecule has 5 heteroatoms. The predicted octanol–water partition coefficient (Wildman–Crippen LogP) is 3.39. The first-order valence-electron chi connectivity index (χ1n) is 6.82. The summed E-state index contributed by atoms with van der Waals surface area (Å²) in [7, 11) is 0. The van der Waals surface area contributed by atoms with Gasteiger partial charge in [-0.05, 0) is 24.5 Å². The van der Waals surface area contributed by atoms with Gasteiger partial charge in [0.2, 0.25) is 0 Å². The van der Waals surface area contributed by atoms with Crippen LogP contribution in [0.4, 0.5) is 0 Å². The van der Waals surface area contributed by atoms with E-state index in [1.807, 2.05) is 12.1 Å². The van der Waals surface area contributed by atoms with Crippen LogP contribution in [0.25, 0.3) is 0 Å². The van der Waals surface area contributed by atoms with Gasteiger partial charge in [-0.2, -0.15) is 24.4 Å². The summed E-state index contributed by atoms with van der Waals surface area (Å²) < 4.78 is 5.07. The van der Waals surface area contributed by atoms with Gasteiger partial charge in [-0.1, -0.05) is 30.8 Å². The van der Waals surface area contributed by atoms with Crippen molar-refractivity contribution in [3.05, 3.63) is 47.5 Å². The molecule has 0 aliphatic carbocycles. The summed E-state index contributed by atoms with van der Waals surface area (Å²) in [4.78, 5) is 11.3. The number of carbonyl (C=O) groups is 1. The molecule has 3 nitrogen and oxygen atoms in total. The smallest absolute Gasteiger partial charge is 0.333 e. The van der Waals surface area contributed by atoms with E-state index in [1.54, 1.807) is 18.7 Å². The molecule has 1 aromatic carbocycles. The van der Waals surface area contributed by atoms with Crippen LogP contribution in [0.15, 0.2) is 36.4 Å². The maximum Gasteiger partial charge on any atom is 0.333 e. The maximum absolute atomic E-state index is 11.3. The van der Waals surface area contributed by atoms with Crippen LogP contribution in [0, 0.1) is 0 Å². The summed E-state index contributed by atoms with van der Waals surface area (Å²) in [6.07, 6.45) is 0.667. The number of thiol groups is 1. The van der Waals surface area contributed by atoms with E-state index in [0.29, 0.717) is 18.6 Å². The van der Waals surface area contributed by atoms with Crippen molar-refractivity contribution >= 4 is 30.4 Å². The Kier molecular flexibility index (Phi) is 8.57. The first kappa shape index (κ1) is 18.1. The molecule has 1 N–H and O–H groups in total. The molecule has 0 heterocycles. The Balaban J connectivity index is 2.38. The van der Waals surface area contributed by atoms with Gasteiger partial charge in [0.15, 0.2) is 0 Å². The zero-order chi connectivity index (χ0) is 15.7. The van der Waals surface area contributed by atoms with Crippen LogP contribution >= 0.6 is 24.4 Å². The molecule has 0 aliphatic rings. The molecule has 0 aromatic heterocycles. The summed E-state index contributed by atoms with van der Waals surface area (Å²) in [5.74, 6) is 1.30. The molecule has 1 unspecified atom stereocenters. The second kappa shape index (κ2) is 9.92. The van der Waals surface area contributed by atoms with Crippen molar-refractivity contribution in [2.75, 3.05) is 19.0 Å². The predicted molar refractivity (Wildman–Crippen MR) is 91.8 cm³/mol. The Labute approximate surface area is 136 Å². The van der Waals surface area contributed by atoms with Crippen molar-refractivity contribution in [1.82, 2.24) is 0 Å². The molecule has 0 aliphatic heterocycles. The zero-order valence-electron chi connectivity index (χ0n) is 12.2. The molecular weight excluding hydrogens is 304 g/mol. The van der Waals surface area contributed by atoms with Crippen LogP contribution in [0.5, 0.6) is 0 Å². The second-order valence-corrected chi connectivity index (χ2v) is 6.47. The Morgan fingerprint density at radius 1 is 1.43 bits per heavy atom. The third-order valence-corrected chi connectivity index (χ3v) is 4.41. The van der Waals surface area contributed by atoms with Gasteiger partial charge < -0.3 is 9.84 Å². The van der Waals surface area contributed by atoms with E-state index >= 15 is 0 Å². The van der Waals surface area contributed by atoms with Gasteiger partial charge >= 0.3 is 5.97 Å². The lowest BCUT2D eigenvalue weighted by Crippen LogP contribution is -2.07. The average Bonchev–Trinajstić information content (AvgIpc) is 2.47. The molecule has 0 spiro atoms. The largest absolute Gasteiger partial charge is 0.462 e. The van der Waals surface area contributed by atoms with Gasteiger partial charge in [-0.15, -0.1) is 0 Å².